The van der Waals surface area contributed by atoms with Crippen LogP contribution in [0.1, 0.15) is 48.4 Å². The molecule has 5 nitrogen and oxygen atoms in total. The SMILES string of the molecule is C=CCN(CC(=O)N1CCc2sccc2C1c1ccc(C(C)(C)C)cc1)S(=O)(=O)c1ccc(Cl)cc1. The number of benzene rings is 2. The van der Waals surface area contributed by atoms with E-state index in [1.165, 1.54) is 45.1 Å². The predicted octanol–water partition coefficient (Wildman–Crippen LogP) is 6.05. The van der Waals surface area contributed by atoms with Crippen LogP contribution in [-0.4, -0.2) is 43.2 Å². The van der Waals surface area contributed by atoms with Crippen molar-refractivity contribution in [2.75, 3.05) is 19.6 Å². The Morgan fingerprint density at radius 1 is 1.14 bits per heavy atom. The zero-order valence-electron chi connectivity index (χ0n) is 20.8. The summed E-state index contributed by atoms with van der Waals surface area (Å²) in [5, 5.41) is 2.50. The van der Waals surface area contributed by atoms with Crippen LogP contribution in [0.4, 0.5) is 0 Å². The minimum absolute atomic E-state index is 0.0232. The molecule has 4 rings (SSSR count). The maximum Gasteiger partial charge on any atom is 0.243 e. The average Bonchev–Trinajstić information content (AvgIpc) is 3.32. The number of halogens is 1. The summed E-state index contributed by atoms with van der Waals surface area (Å²) in [6, 6.07) is 16.2. The summed E-state index contributed by atoms with van der Waals surface area (Å²) >= 11 is 7.65. The molecule has 0 spiro atoms. The van der Waals surface area contributed by atoms with E-state index >= 15 is 0 Å². The molecule has 3 aromatic rings. The van der Waals surface area contributed by atoms with Gasteiger partial charge in [0.25, 0.3) is 0 Å². The lowest BCUT2D eigenvalue weighted by Crippen LogP contribution is -2.46. The fourth-order valence-corrected chi connectivity index (χ4v) is 6.89. The van der Waals surface area contributed by atoms with Gasteiger partial charge >= 0.3 is 0 Å². The summed E-state index contributed by atoms with van der Waals surface area (Å²) in [5.74, 6) is -0.240. The first-order valence-corrected chi connectivity index (χ1v) is 14.5. The van der Waals surface area contributed by atoms with E-state index in [0.29, 0.717) is 11.6 Å². The van der Waals surface area contributed by atoms with Crippen LogP contribution in [0.5, 0.6) is 0 Å². The lowest BCUT2D eigenvalue weighted by Gasteiger charge is -2.37. The molecule has 0 saturated carbocycles. The van der Waals surface area contributed by atoms with Crippen LogP contribution in [-0.2, 0) is 26.7 Å². The van der Waals surface area contributed by atoms with Crippen molar-refractivity contribution in [2.24, 2.45) is 0 Å². The topological polar surface area (TPSA) is 57.7 Å². The molecule has 36 heavy (non-hydrogen) atoms. The second-order valence-electron chi connectivity index (χ2n) is 9.95. The molecule has 0 saturated heterocycles. The third-order valence-electron chi connectivity index (χ3n) is 6.47. The van der Waals surface area contributed by atoms with Crippen LogP contribution >= 0.6 is 22.9 Å². The van der Waals surface area contributed by atoms with Gasteiger partial charge in [-0.05, 0) is 64.2 Å². The van der Waals surface area contributed by atoms with Crippen molar-refractivity contribution in [2.45, 2.75) is 43.5 Å². The van der Waals surface area contributed by atoms with Gasteiger partial charge in [-0.1, -0.05) is 62.7 Å². The van der Waals surface area contributed by atoms with Gasteiger partial charge in [-0.3, -0.25) is 4.79 Å². The first kappa shape index (κ1) is 26.6. The Balaban J connectivity index is 1.66. The molecule has 1 aliphatic rings. The number of carbonyl (C=O) groups excluding carboxylic acids is 1. The van der Waals surface area contributed by atoms with Crippen molar-refractivity contribution in [3.63, 3.8) is 0 Å². The highest BCUT2D eigenvalue weighted by Gasteiger charge is 2.35. The standard InChI is InChI=1S/C28H31ClN2O3S2/c1-5-16-30(36(33,34)23-12-10-22(29)11-13-23)19-26(32)31-17-14-25-24(15-18-35-25)27(31)20-6-8-21(9-7-20)28(2,3)4/h5-13,15,18,27H,1,14,16-17,19H2,2-4H3. The molecule has 0 fully saturated rings. The Kier molecular flexibility index (Phi) is 7.76. The highest BCUT2D eigenvalue weighted by atomic mass is 35.5. The summed E-state index contributed by atoms with van der Waals surface area (Å²) in [6.45, 7) is 10.5. The number of amides is 1. The van der Waals surface area contributed by atoms with Gasteiger partial charge in [0.1, 0.15) is 0 Å². The Labute approximate surface area is 223 Å². The number of sulfonamides is 1. The second kappa shape index (κ2) is 10.5. The molecule has 1 aliphatic heterocycles. The molecular formula is C28H31ClN2O3S2. The van der Waals surface area contributed by atoms with Crippen molar-refractivity contribution >= 4 is 38.9 Å². The van der Waals surface area contributed by atoms with Crippen molar-refractivity contribution in [3.8, 4) is 0 Å². The number of hydrogen-bond donors (Lipinski definition) is 0. The van der Waals surface area contributed by atoms with Gasteiger partial charge in [0, 0.05) is 23.0 Å². The van der Waals surface area contributed by atoms with Gasteiger partial charge in [0.2, 0.25) is 15.9 Å². The number of hydrogen-bond acceptors (Lipinski definition) is 4. The number of fused-ring (bicyclic) bond motifs is 1. The Morgan fingerprint density at radius 3 is 2.42 bits per heavy atom. The highest BCUT2D eigenvalue weighted by molar-refractivity contribution is 7.89. The van der Waals surface area contributed by atoms with E-state index in [4.69, 9.17) is 11.6 Å². The van der Waals surface area contributed by atoms with Crippen molar-refractivity contribution < 1.29 is 13.2 Å². The minimum atomic E-state index is -3.91. The number of nitrogens with zero attached hydrogens (tertiary/aromatic N) is 2. The van der Waals surface area contributed by atoms with Gasteiger partial charge < -0.3 is 4.90 Å². The van der Waals surface area contributed by atoms with Gasteiger partial charge in [-0.25, -0.2) is 8.42 Å². The molecule has 1 atom stereocenters. The van der Waals surface area contributed by atoms with E-state index in [0.717, 1.165) is 17.5 Å². The zero-order chi connectivity index (χ0) is 26.1. The van der Waals surface area contributed by atoms with Crippen LogP contribution in [0.2, 0.25) is 5.02 Å². The molecule has 190 valence electrons. The summed E-state index contributed by atoms with van der Waals surface area (Å²) in [4.78, 5) is 16.9. The zero-order valence-corrected chi connectivity index (χ0v) is 23.2. The molecule has 2 aromatic carbocycles. The van der Waals surface area contributed by atoms with Crippen LogP contribution < -0.4 is 0 Å². The molecule has 8 heteroatoms. The maximum absolute atomic E-state index is 13.7. The number of thiophene rings is 1. The molecule has 1 amide bonds. The normalized spacial score (nSPS) is 16.1. The Morgan fingerprint density at radius 2 is 1.81 bits per heavy atom. The molecule has 0 radical (unpaired) electrons. The monoisotopic (exact) mass is 542 g/mol. The summed E-state index contributed by atoms with van der Waals surface area (Å²) in [7, 11) is -3.91. The predicted molar refractivity (Wildman–Crippen MR) is 147 cm³/mol. The summed E-state index contributed by atoms with van der Waals surface area (Å²) < 4.78 is 27.9. The van der Waals surface area contributed by atoms with E-state index in [1.807, 2.05) is 4.90 Å². The summed E-state index contributed by atoms with van der Waals surface area (Å²) in [5.41, 5.74) is 3.37. The minimum Gasteiger partial charge on any atom is -0.330 e. The van der Waals surface area contributed by atoms with Crippen LogP contribution in [0, 0.1) is 0 Å². The van der Waals surface area contributed by atoms with Crippen LogP contribution in [0.25, 0.3) is 0 Å². The lowest BCUT2D eigenvalue weighted by atomic mass is 9.85. The molecule has 0 bridgehead atoms. The molecule has 1 aromatic heterocycles. The Hall–Kier alpha value is -2.45. The van der Waals surface area contributed by atoms with Gasteiger partial charge in [0.05, 0.1) is 17.5 Å². The quantitative estimate of drug-likeness (QED) is 0.341. The van der Waals surface area contributed by atoms with E-state index < -0.39 is 10.0 Å². The summed E-state index contributed by atoms with van der Waals surface area (Å²) in [6.07, 6.45) is 2.25. The van der Waals surface area contributed by atoms with E-state index in [1.54, 1.807) is 11.3 Å². The van der Waals surface area contributed by atoms with Crippen molar-refractivity contribution in [3.05, 3.63) is 99.2 Å². The smallest absolute Gasteiger partial charge is 0.243 e. The molecular weight excluding hydrogens is 512 g/mol. The first-order chi connectivity index (χ1) is 17.0. The lowest BCUT2D eigenvalue weighted by molar-refractivity contribution is -0.133. The largest absolute Gasteiger partial charge is 0.330 e. The van der Waals surface area contributed by atoms with Gasteiger partial charge in [-0.15, -0.1) is 17.9 Å². The highest BCUT2D eigenvalue weighted by Crippen LogP contribution is 2.38. The van der Waals surface area contributed by atoms with Crippen molar-refractivity contribution in [1.29, 1.82) is 0 Å². The van der Waals surface area contributed by atoms with Crippen molar-refractivity contribution in [1.82, 2.24) is 9.21 Å². The molecule has 1 unspecified atom stereocenters. The Bertz CT molecular complexity index is 1340. The average molecular weight is 543 g/mol. The van der Waals surface area contributed by atoms with Gasteiger partial charge in [-0.2, -0.15) is 4.31 Å². The fraction of sp³-hybridized carbons (Fsp3) is 0.321. The van der Waals surface area contributed by atoms with Crippen LogP contribution in [0.3, 0.4) is 0 Å². The van der Waals surface area contributed by atoms with Gasteiger partial charge in [0.15, 0.2) is 0 Å². The number of carbonyl (C=O) groups is 1. The van der Waals surface area contributed by atoms with E-state index in [2.05, 4.69) is 63.1 Å². The second-order valence-corrected chi connectivity index (χ2v) is 13.3. The molecule has 0 aliphatic carbocycles. The third-order valence-corrected chi connectivity index (χ3v) is 9.55. The first-order valence-electron chi connectivity index (χ1n) is 11.8. The maximum atomic E-state index is 13.7. The molecule has 0 N–H and O–H groups in total. The van der Waals surface area contributed by atoms with E-state index in [-0.39, 0.29) is 35.3 Å². The van der Waals surface area contributed by atoms with Crippen LogP contribution in [0.15, 0.2) is 77.5 Å². The van der Waals surface area contributed by atoms with E-state index in [9.17, 15) is 13.2 Å². The fourth-order valence-electron chi connectivity index (χ4n) is 4.50. The third kappa shape index (κ3) is 5.44. The number of rotatable bonds is 7. The molecule has 2 heterocycles.